The molecular formula is C22H25NO. The summed E-state index contributed by atoms with van der Waals surface area (Å²) in [6.07, 6.45) is 8.03. The molecule has 1 N–H and O–H groups in total. The molecule has 1 unspecified atom stereocenters. The van der Waals surface area contributed by atoms with Crippen molar-refractivity contribution >= 4 is 12.0 Å². The zero-order valence-corrected chi connectivity index (χ0v) is 14.2. The van der Waals surface area contributed by atoms with Crippen LogP contribution >= 0.6 is 0 Å². The lowest BCUT2D eigenvalue weighted by Crippen LogP contribution is -2.45. The van der Waals surface area contributed by atoms with E-state index in [1.807, 2.05) is 36.4 Å². The third-order valence-corrected chi connectivity index (χ3v) is 4.82. The standard InChI is InChI=1S/C22H25NO/c1-2-22(20-13-7-4-8-14-20,23-21(24)19-15-16-19)17-9-12-18-10-5-3-6-11-18/h3-14,19H,2,15-17H2,1H3,(H,23,24). The van der Waals surface area contributed by atoms with E-state index in [2.05, 4.69) is 48.7 Å². The second-order valence-electron chi connectivity index (χ2n) is 6.58. The monoisotopic (exact) mass is 319 g/mol. The maximum absolute atomic E-state index is 12.5. The zero-order chi connectivity index (χ0) is 16.8. The summed E-state index contributed by atoms with van der Waals surface area (Å²) in [6.45, 7) is 2.15. The molecule has 0 spiro atoms. The lowest BCUT2D eigenvalue weighted by atomic mass is 9.83. The van der Waals surface area contributed by atoms with Crippen LogP contribution in [-0.2, 0) is 10.3 Å². The molecule has 24 heavy (non-hydrogen) atoms. The highest BCUT2D eigenvalue weighted by Gasteiger charge is 2.37. The molecule has 1 amide bonds. The number of carbonyl (C=O) groups excluding carboxylic acids is 1. The van der Waals surface area contributed by atoms with E-state index in [0.29, 0.717) is 0 Å². The fraction of sp³-hybridized carbons (Fsp3) is 0.318. The van der Waals surface area contributed by atoms with Crippen LogP contribution in [-0.4, -0.2) is 5.91 Å². The average molecular weight is 319 g/mol. The minimum absolute atomic E-state index is 0.203. The van der Waals surface area contributed by atoms with Crippen LogP contribution in [0.1, 0.15) is 43.7 Å². The van der Waals surface area contributed by atoms with Crippen molar-refractivity contribution in [1.82, 2.24) is 5.32 Å². The van der Waals surface area contributed by atoms with Crippen molar-refractivity contribution < 1.29 is 4.79 Å². The van der Waals surface area contributed by atoms with Crippen LogP contribution in [0.15, 0.2) is 66.7 Å². The van der Waals surface area contributed by atoms with Gasteiger partial charge in [0.2, 0.25) is 5.91 Å². The molecule has 0 radical (unpaired) electrons. The summed E-state index contributed by atoms with van der Waals surface area (Å²) in [6, 6.07) is 20.6. The molecular weight excluding hydrogens is 294 g/mol. The van der Waals surface area contributed by atoms with Crippen LogP contribution < -0.4 is 5.32 Å². The first kappa shape index (κ1) is 16.5. The van der Waals surface area contributed by atoms with E-state index in [4.69, 9.17) is 0 Å². The van der Waals surface area contributed by atoms with Crippen molar-refractivity contribution in [3.8, 4) is 0 Å². The third-order valence-electron chi connectivity index (χ3n) is 4.82. The highest BCUT2D eigenvalue weighted by Crippen LogP contribution is 2.34. The molecule has 1 atom stereocenters. The lowest BCUT2D eigenvalue weighted by Gasteiger charge is -2.34. The van der Waals surface area contributed by atoms with Crippen molar-refractivity contribution in [3.05, 3.63) is 77.9 Å². The van der Waals surface area contributed by atoms with Gasteiger partial charge in [0.05, 0.1) is 5.54 Å². The first-order valence-corrected chi connectivity index (χ1v) is 8.83. The second kappa shape index (κ2) is 7.48. The van der Waals surface area contributed by atoms with Crippen molar-refractivity contribution in [2.45, 2.75) is 38.1 Å². The summed E-state index contributed by atoms with van der Waals surface area (Å²) in [4.78, 5) is 12.5. The normalized spacial score (nSPS) is 16.7. The number of nitrogens with one attached hydrogen (secondary N) is 1. The van der Waals surface area contributed by atoms with Gasteiger partial charge in [-0.05, 0) is 36.8 Å². The maximum Gasteiger partial charge on any atom is 0.223 e. The van der Waals surface area contributed by atoms with E-state index in [1.54, 1.807) is 0 Å². The van der Waals surface area contributed by atoms with Crippen LogP contribution in [0.4, 0.5) is 0 Å². The summed E-state index contributed by atoms with van der Waals surface area (Å²) in [7, 11) is 0. The Kier molecular flexibility index (Phi) is 5.14. The molecule has 2 nitrogen and oxygen atoms in total. The van der Waals surface area contributed by atoms with Gasteiger partial charge in [-0.3, -0.25) is 4.79 Å². The number of rotatable bonds is 7. The van der Waals surface area contributed by atoms with Gasteiger partial charge < -0.3 is 5.32 Å². The van der Waals surface area contributed by atoms with E-state index in [0.717, 1.165) is 25.7 Å². The van der Waals surface area contributed by atoms with Gasteiger partial charge in [-0.1, -0.05) is 79.7 Å². The Morgan fingerprint density at radius 1 is 1.08 bits per heavy atom. The zero-order valence-electron chi connectivity index (χ0n) is 14.2. The number of benzene rings is 2. The Bertz CT molecular complexity index is 688. The van der Waals surface area contributed by atoms with Gasteiger partial charge in [0.15, 0.2) is 0 Å². The van der Waals surface area contributed by atoms with E-state index in [1.165, 1.54) is 11.1 Å². The highest BCUT2D eigenvalue weighted by molar-refractivity contribution is 5.81. The van der Waals surface area contributed by atoms with Gasteiger partial charge in [-0.15, -0.1) is 0 Å². The van der Waals surface area contributed by atoms with Crippen LogP contribution in [0.5, 0.6) is 0 Å². The largest absolute Gasteiger partial charge is 0.346 e. The minimum atomic E-state index is -0.327. The molecule has 1 fully saturated rings. The Hall–Kier alpha value is -2.35. The summed E-state index contributed by atoms with van der Waals surface area (Å²) >= 11 is 0. The van der Waals surface area contributed by atoms with Crippen molar-refractivity contribution in [3.63, 3.8) is 0 Å². The van der Waals surface area contributed by atoms with E-state index >= 15 is 0 Å². The van der Waals surface area contributed by atoms with E-state index in [9.17, 15) is 4.79 Å². The summed E-state index contributed by atoms with van der Waals surface area (Å²) in [5, 5.41) is 3.35. The molecule has 1 aliphatic rings. The van der Waals surface area contributed by atoms with Crippen LogP contribution in [0, 0.1) is 5.92 Å². The topological polar surface area (TPSA) is 29.1 Å². The van der Waals surface area contributed by atoms with Gasteiger partial charge in [-0.25, -0.2) is 0 Å². The Balaban J connectivity index is 1.82. The summed E-state index contributed by atoms with van der Waals surface area (Å²) in [5.41, 5.74) is 2.04. The molecule has 0 heterocycles. The van der Waals surface area contributed by atoms with Crippen molar-refractivity contribution in [1.29, 1.82) is 0 Å². The molecule has 2 aromatic rings. The average Bonchev–Trinajstić information content (AvgIpc) is 3.48. The molecule has 2 aromatic carbocycles. The number of hydrogen-bond donors (Lipinski definition) is 1. The lowest BCUT2D eigenvalue weighted by molar-refractivity contribution is -0.124. The molecule has 0 bridgehead atoms. The molecule has 0 saturated heterocycles. The maximum atomic E-state index is 12.5. The first-order chi connectivity index (χ1) is 11.7. The van der Waals surface area contributed by atoms with E-state index < -0.39 is 0 Å². The van der Waals surface area contributed by atoms with Crippen LogP contribution in [0.25, 0.3) is 6.08 Å². The Labute approximate surface area is 144 Å². The fourth-order valence-electron chi connectivity index (χ4n) is 3.08. The molecule has 1 saturated carbocycles. The molecule has 0 aliphatic heterocycles. The number of carbonyl (C=O) groups is 1. The van der Waals surface area contributed by atoms with Crippen LogP contribution in [0.3, 0.4) is 0 Å². The predicted octanol–water partition coefficient (Wildman–Crippen LogP) is 4.92. The van der Waals surface area contributed by atoms with Crippen molar-refractivity contribution in [2.75, 3.05) is 0 Å². The second-order valence-corrected chi connectivity index (χ2v) is 6.58. The number of hydrogen-bond acceptors (Lipinski definition) is 1. The quantitative estimate of drug-likeness (QED) is 0.771. The SMILES string of the molecule is CCC(CC=Cc1ccccc1)(NC(=O)C1CC1)c1ccccc1. The molecule has 0 aromatic heterocycles. The molecule has 2 heteroatoms. The molecule has 3 rings (SSSR count). The predicted molar refractivity (Wildman–Crippen MR) is 99.4 cm³/mol. The van der Waals surface area contributed by atoms with Gasteiger partial charge in [0.25, 0.3) is 0 Å². The van der Waals surface area contributed by atoms with Gasteiger partial charge in [-0.2, -0.15) is 0 Å². The molecule has 1 aliphatic carbocycles. The Morgan fingerprint density at radius 2 is 1.71 bits per heavy atom. The van der Waals surface area contributed by atoms with Gasteiger partial charge in [0.1, 0.15) is 0 Å². The van der Waals surface area contributed by atoms with Crippen LogP contribution in [0.2, 0.25) is 0 Å². The van der Waals surface area contributed by atoms with Crippen molar-refractivity contribution in [2.24, 2.45) is 5.92 Å². The smallest absolute Gasteiger partial charge is 0.223 e. The van der Waals surface area contributed by atoms with Gasteiger partial charge >= 0.3 is 0 Å². The Morgan fingerprint density at radius 3 is 2.29 bits per heavy atom. The van der Waals surface area contributed by atoms with E-state index in [-0.39, 0.29) is 17.4 Å². The molecule has 124 valence electrons. The summed E-state index contributed by atoms with van der Waals surface area (Å²) in [5.74, 6) is 0.423. The first-order valence-electron chi connectivity index (χ1n) is 8.83. The summed E-state index contributed by atoms with van der Waals surface area (Å²) < 4.78 is 0. The third kappa shape index (κ3) is 3.94. The van der Waals surface area contributed by atoms with Gasteiger partial charge in [0, 0.05) is 5.92 Å². The fourth-order valence-corrected chi connectivity index (χ4v) is 3.08. The number of amides is 1. The minimum Gasteiger partial charge on any atom is -0.346 e. The highest BCUT2D eigenvalue weighted by atomic mass is 16.2.